The number of aryl methyl sites for hydroxylation is 1. The number of aliphatic hydroxyl groups excluding tert-OH is 1. The lowest BCUT2D eigenvalue weighted by atomic mass is 10.1. The molecule has 0 saturated carbocycles. The molecule has 1 aliphatic heterocycles. The molecule has 0 amide bonds. The van der Waals surface area contributed by atoms with Gasteiger partial charge in [0.25, 0.3) is 0 Å². The Morgan fingerprint density at radius 2 is 2.40 bits per heavy atom. The second-order valence-corrected chi connectivity index (χ2v) is 4.30. The lowest BCUT2D eigenvalue weighted by Gasteiger charge is -2.16. The third-order valence-electron chi connectivity index (χ3n) is 2.64. The molecular formula is C10H14ClN3O. The molecule has 5 heteroatoms. The zero-order valence-corrected chi connectivity index (χ0v) is 9.41. The molecule has 82 valence electrons. The standard InChI is InChI=1S/C10H14ClN3O/c1-7-4-9(11)13-10(12-7)14-3-2-8(5-14)6-15/h4,8,15H,2-3,5-6H2,1H3/t8-/m1/s1. The Kier molecular flexibility index (Phi) is 3.07. The van der Waals surface area contributed by atoms with Crippen molar-refractivity contribution in [3.05, 3.63) is 16.9 Å². The number of anilines is 1. The average molecular weight is 228 g/mol. The molecule has 4 nitrogen and oxygen atoms in total. The van der Waals surface area contributed by atoms with Gasteiger partial charge >= 0.3 is 0 Å². The van der Waals surface area contributed by atoms with Gasteiger partial charge < -0.3 is 10.0 Å². The highest BCUT2D eigenvalue weighted by atomic mass is 35.5. The van der Waals surface area contributed by atoms with Crippen molar-refractivity contribution >= 4 is 17.5 Å². The molecule has 1 aromatic heterocycles. The smallest absolute Gasteiger partial charge is 0.226 e. The van der Waals surface area contributed by atoms with Crippen molar-refractivity contribution in [3.63, 3.8) is 0 Å². The van der Waals surface area contributed by atoms with Gasteiger partial charge in [-0.1, -0.05) is 11.6 Å². The molecule has 1 fully saturated rings. The van der Waals surface area contributed by atoms with Gasteiger partial charge in [0, 0.05) is 31.3 Å². The van der Waals surface area contributed by atoms with Crippen molar-refractivity contribution in [2.24, 2.45) is 5.92 Å². The van der Waals surface area contributed by atoms with E-state index in [0.717, 1.165) is 25.2 Å². The Hall–Kier alpha value is -0.870. The van der Waals surface area contributed by atoms with Gasteiger partial charge in [-0.25, -0.2) is 9.97 Å². The maximum Gasteiger partial charge on any atom is 0.226 e. The monoisotopic (exact) mass is 227 g/mol. The Morgan fingerprint density at radius 1 is 1.60 bits per heavy atom. The molecule has 1 aromatic rings. The van der Waals surface area contributed by atoms with Crippen LogP contribution in [-0.2, 0) is 0 Å². The van der Waals surface area contributed by atoms with Crippen LogP contribution in [0.2, 0.25) is 5.15 Å². The second-order valence-electron chi connectivity index (χ2n) is 3.92. The zero-order valence-electron chi connectivity index (χ0n) is 8.65. The van der Waals surface area contributed by atoms with Gasteiger partial charge in [0.15, 0.2) is 0 Å². The number of rotatable bonds is 2. The lowest BCUT2D eigenvalue weighted by molar-refractivity contribution is 0.238. The van der Waals surface area contributed by atoms with Gasteiger partial charge in [0.05, 0.1) is 0 Å². The van der Waals surface area contributed by atoms with E-state index in [1.165, 1.54) is 0 Å². The van der Waals surface area contributed by atoms with E-state index in [9.17, 15) is 0 Å². The first-order valence-electron chi connectivity index (χ1n) is 5.06. The Balaban J connectivity index is 2.16. The average Bonchev–Trinajstić information content (AvgIpc) is 2.64. The summed E-state index contributed by atoms with van der Waals surface area (Å²) in [5.41, 5.74) is 0.873. The van der Waals surface area contributed by atoms with Gasteiger partial charge in [-0.2, -0.15) is 0 Å². The van der Waals surface area contributed by atoms with Gasteiger partial charge in [-0.15, -0.1) is 0 Å². The van der Waals surface area contributed by atoms with Gasteiger partial charge in [-0.05, 0) is 19.4 Å². The highest BCUT2D eigenvalue weighted by Crippen LogP contribution is 2.21. The van der Waals surface area contributed by atoms with Gasteiger partial charge in [-0.3, -0.25) is 0 Å². The summed E-state index contributed by atoms with van der Waals surface area (Å²) in [6.07, 6.45) is 0.991. The van der Waals surface area contributed by atoms with Crippen molar-refractivity contribution in [3.8, 4) is 0 Å². The van der Waals surface area contributed by atoms with Crippen molar-refractivity contribution in [1.82, 2.24) is 9.97 Å². The molecule has 1 saturated heterocycles. The Labute approximate surface area is 93.9 Å². The highest BCUT2D eigenvalue weighted by Gasteiger charge is 2.23. The molecule has 1 N–H and O–H groups in total. The zero-order chi connectivity index (χ0) is 10.8. The molecule has 0 bridgehead atoms. The van der Waals surface area contributed by atoms with Crippen LogP contribution in [0.1, 0.15) is 12.1 Å². The first-order chi connectivity index (χ1) is 7.19. The van der Waals surface area contributed by atoms with E-state index in [-0.39, 0.29) is 6.61 Å². The van der Waals surface area contributed by atoms with E-state index in [4.69, 9.17) is 16.7 Å². The highest BCUT2D eigenvalue weighted by molar-refractivity contribution is 6.29. The SMILES string of the molecule is Cc1cc(Cl)nc(N2CC[C@@H](CO)C2)n1. The summed E-state index contributed by atoms with van der Waals surface area (Å²) in [5, 5.41) is 9.52. The molecule has 0 radical (unpaired) electrons. The maximum absolute atomic E-state index is 9.05. The molecule has 0 aliphatic carbocycles. The van der Waals surface area contributed by atoms with Crippen molar-refractivity contribution in [2.75, 3.05) is 24.6 Å². The molecular weight excluding hydrogens is 214 g/mol. The molecule has 2 rings (SSSR count). The van der Waals surface area contributed by atoms with E-state index in [2.05, 4.69) is 14.9 Å². The molecule has 2 heterocycles. The first-order valence-corrected chi connectivity index (χ1v) is 5.44. The molecule has 0 unspecified atom stereocenters. The summed E-state index contributed by atoms with van der Waals surface area (Å²) in [5.74, 6) is 1.02. The summed E-state index contributed by atoms with van der Waals surface area (Å²) in [6.45, 7) is 3.84. The summed E-state index contributed by atoms with van der Waals surface area (Å²) >= 11 is 5.87. The van der Waals surface area contributed by atoms with Crippen LogP contribution < -0.4 is 4.90 Å². The number of hydrogen-bond donors (Lipinski definition) is 1. The van der Waals surface area contributed by atoms with E-state index in [1.807, 2.05) is 6.92 Å². The summed E-state index contributed by atoms with van der Waals surface area (Å²) in [4.78, 5) is 10.6. The molecule has 0 spiro atoms. The summed E-state index contributed by atoms with van der Waals surface area (Å²) < 4.78 is 0. The van der Waals surface area contributed by atoms with E-state index in [0.29, 0.717) is 17.0 Å². The third-order valence-corrected chi connectivity index (χ3v) is 2.83. The first kappa shape index (κ1) is 10.6. The minimum atomic E-state index is 0.232. The fraction of sp³-hybridized carbons (Fsp3) is 0.600. The van der Waals surface area contributed by atoms with Crippen LogP contribution in [0.3, 0.4) is 0 Å². The lowest BCUT2D eigenvalue weighted by Crippen LogP contribution is -2.23. The molecule has 15 heavy (non-hydrogen) atoms. The topological polar surface area (TPSA) is 49.2 Å². The Bertz CT molecular complexity index is 338. The minimum absolute atomic E-state index is 0.232. The van der Waals surface area contributed by atoms with Crippen molar-refractivity contribution in [2.45, 2.75) is 13.3 Å². The second kappa shape index (κ2) is 4.33. The van der Waals surface area contributed by atoms with Crippen LogP contribution in [0.25, 0.3) is 0 Å². The van der Waals surface area contributed by atoms with Gasteiger partial charge in [0.1, 0.15) is 5.15 Å². The van der Waals surface area contributed by atoms with Crippen LogP contribution in [0.5, 0.6) is 0 Å². The predicted molar refractivity (Wildman–Crippen MR) is 59.2 cm³/mol. The fourth-order valence-corrected chi connectivity index (χ4v) is 2.05. The predicted octanol–water partition coefficient (Wildman–Crippen LogP) is 1.26. The normalized spacial score (nSPS) is 21.0. The van der Waals surface area contributed by atoms with Crippen molar-refractivity contribution < 1.29 is 5.11 Å². The van der Waals surface area contributed by atoms with E-state index in [1.54, 1.807) is 6.07 Å². The van der Waals surface area contributed by atoms with Crippen LogP contribution in [0, 0.1) is 12.8 Å². The minimum Gasteiger partial charge on any atom is -0.396 e. The van der Waals surface area contributed by atoms with Crippen LogP contribution in [0.15, 0.2) is 6.07 Å². The van der Waals surface area contributed by atoms with Crippen LogP contribution in [0.4, 0.5) is 5.95 Å². The number of halogens is 1. The number of aliphatic hydroxyl groups is 1. The number of aromatic nitrogens is 2. The van der Waals surface area contributed by atoms with Crippen LogP contribution in [-0.4, -0.2) is 34.8 Å². The molecule has 1 aliphatic rings. The maximum atomic E-state index is 9.05. The number of nitrogens with zero attached hydrogens (tertiary/aromatic N) is 3. The number of hydrogen-bond acceptors (Lipinski definition) is 4. The van der Waals surface area contributed by atoms with E-state index < -0.39 is 0 Å². The largest absolute Gasteiger partial charge is 0.396 e. The van der Waals surface area contributed by atoms with Crippen LogP contribution >= 0.6 is 11.6 Å². The van der Waals surface area contributed by atoms with E-state index >= 15 is 0 Å². The summed E-state index contributed by atoms with van der Waals surface area (Å²) in [6, 6.07) is 1.74. The molecule has 1 atom stereocenters. The quantitative estimate of drug-likeness (QED) is 0.773. The summed E-state index contributed by atoms with van der Waals surface area (Å²) in [7, 11) is 0. The fourth-order valence-electron chi connectivity index (χ4n) is 1.82. The third kappa shape index (κ3) is 2.38. The molecule has 0 aromatic carbocycles. The van der Waals surface area contributed by atoms with Gasteiger partial charge in [0.2, 0.25) is 5.95 Å². The Morgan fingerprint density at radius 3 is 3.00 bits per heavy atom. The van der Waals surface area contributed by atoms with Crippen molar-refractivity contribution in [1.29, 1.82) is 0 Å².